The maximum absolute atomic E-state index is 13.8. The monoisotopic (exact) mass is 529 g/mol. The summed E-state index contributed by atoms with van der Waals surface area (Å²) < 4.78 is 5.33. The second-order valence-electron chi connectivity index (χ2n) is 10.2. The van der Waals surface area contributed by atoms with Crippen LogP contribution in [0, 0.1) is 6.92 Å². The van der Waals surface area contributed by atoms with E-state index >= 15 is 0 Å². The van der Waals surface area contributed by atoms with Gasteiger partial charge in [0.25, 0.3) is 5.91 Å². The molecule has 8 heteroatoms. The summed E-state index contributed by atoms with van der Waals surface area (Å²) in [6.07, 6.45) is 1.67. The molecule has 0 aromatic heterocycles. The van der Waals surface area contributed by atoms with Crippen LogP contribution < -0.4 is 10.6 Å². The summed E-state index contributed by atoms with van der Waals surface area (Å²) in [6.45, 7) is 13.1. The topological polar surface area (TPSA) is 87.7 Å². The van der Waals surface area contributed by atoms with Gasteiger partial charge in [-0.1, -0.05) is 68.3 Å². The van der Waals surface area contributed by atoms with Crippen LogP contribution in [0.3, 0.4) is 0 Å². The van der Waals surface area contributed by atoms with Crippen LogP contribution in [0.25, 0.3) is 0 Å². The summed E-state index contributed by atoms with van der Waals surface area (Å²) in [4.78, 5) is 41.5. The Labute approximate surface area is 225 Å². The van der Waals surface area contributed by atoms with Crippen LogP contribution in [0.15, 0.2) is 42.5 Å². The number of carbonyl (C=O) groups excluding carboxylic acids is 3. The molecule has 0 heterocycles. The van der Waals surface area contributed by atoms with E-state index in [1.54, 1.807) is 33.8 Å². The standard InChI is InChI=1S/C29H40ClN3O4/c1-8-10-18-33(27(35)20(4)31-28(36)37-29(5,6)7)25(22-16-14-21(9-2)15-17-22)26(34)32-24-19(3)12-11-13-23(24)30/h11-17,20,25H,8-10,18H2,1-7H3,(H,31,36)(H,32,34). The number of unbranched alkanes of at least 4 members (excludes halogenated alkanes) is 1. The van der Waals surface area contributed by atoms with Crippen molar-refractivity contribution in [3.05, 3.63) is 64.2 Å². The molecule has 0 aliphatic rings. The molecule has 2 atom stereocenters. The van der Waals surface area contributed by atoms with Gasteiger partial charge in [0.2, 0.25) is 5.91 Å². The SMILES string of the molecule is CCCCN(C(=O)C(C)NC(=O)OC(C)(C)C)C(C(=O)Nc1c(C)cccc1Cl)c1ccc(CC)cc1. The van der Waals surface area contributed by atoms with Crippen LogP contribution in [0.1, 0.15) is 77.1 Å². The number of amides is 3. The lowest BCUT2D eigenvalue weighted by atomic mass is 10.00. The van der Waals surface area contributed by atoms with Crippen LogP contribution >= 0.6 is 11.6 Å². The van der Waals surface area contributed by atoms with E-state index in [-0.39, 0.29) is 11.8 Å². The van der Waals surface area contributed by atoms with Crippen LogP contribution in [0.5, 0.6) is 0 Å². The summed E-state index contributed by atoms with van der Waals surface area (Å²) in [5.41, 5.74) is 2.41. The molecule has 37 heavy (non-hydrogen) atoms. The minimum atomic E-state index is -0.927. The molecule has 0 fully saturated rings. The molecule has 0 bridgehead atoms. The highest BCUT2D eigenvalue weighted by Gasteiger charge is 2.35. The summed E-state index contributed by atoms with van der Waals surface area (Å²) >= 11 is 6.39. The molecular formula is C29H40ClN3O4. The van der Waals surface area contributed by atoms with Crippen molar-refractivity contribution >= 4 is 35.2 Å². The fourth-order valence-corrected chi connectivity index (χ4v) is 4.15. The Hall–Kier alpha value is -3.06. The second kappa shape index (κ2) is 13.5. The van der Waals surface area contributed by atoms with Gasteiger partial charge in [-0.25, -0.2) is 4.79 Å². The molecule has 2 aromatic carbocycles. The summed E-state index contributed by atoms with van der Waals surface area (Å²) in [6, 6.07) is 11.2. The zero-order valence-electron chi connectivity index (χ0n) is 23.0. The van der Waals surface area contributed by atoms with Gasteiger partial charge in [0.15, 0.2) is 0 Å². The quantitative estimate of drug-likeness (QED) is 0.371. The Bertz CT molecular complexity index is 1060. The van der Waals surface area contributed by atoms with Crippen LogP contribution in [0.4, 0.5) is 10.5 Å². The van der Waals surface area contributed by atoms with Crippen molar-refractivity contribution in [2.75, 3.05) is 11.9 Å². The molecule has 2 aromatic rings. The van der Waals surface area contributed by atoms with Crippen LogP contribution in [-0.4, -0.2) is 41.0 Å². The van der Waals surface area contributed by atoms with E-state index in [0.717, 1.165) is 24.0 Å². The van der Waals surface area contributed by atoms with Gasteiger partial charge >= 0.3 is 6.09 Å². The van der Waals surface area contributed by atoms with E-state index in [0.29, 0.717) is 29.2 Å². The molecule has 0 spiro atoms. The summed E-state index contributed by atoms with van der Waals surface area (Å²) in [5.74, 6) is -0.760. The number of aryl methyl sites for hydroxylation is 2. The maximum atomic E-state index is 13.8. The molecule has 0 saturated carbocycles. The van der Waals surface area contributed by atoms with Gasteiger partial charge in [0.1, 0.15) is 17.7 Å². The van der Waals surface area contributed by atoms with Crippen molar-refractivity contribution in [2.24, 2.45) is 0 Å². The number of ether oxygens (including phenoxy) is 1. The normalized spacial score (nSPS) is 12.9. The van der Waals surface area contributed by atoms with Gasteiger partial charge in [0.05, 0.1) is 10.7 Å². The maximum Gasteiger partial charge on any atom is 0.408 e. The van der Waals surface area contributed by atoms with Crippen molar-refractivity contribution in [2.45, 2.75) is 85.4 Å². The first-order valence-electron chi connectivity index (χ1n) is 12.8. The van der Waals surface area contributed by atoms with Crippen molar-refractivity contribution in [3.8, 4) is 0 Å². The first kappa shape index (κ1) is 30.2. The third-order valence-electron chi connectivity index (χ3n) is 5.87. The van der Waals surface area contributed by atoms with Gasteiger partial charge < -0.3 is 20.3 Å². The average Bonchev–Trinajstić information content (AvgIpc) is 2.82. The van der Waals surface area contributed by atoms with E-state index in [9.17, 15) is 14.4 Å². The highest BCUT2D eigenvalue weighted by atomic mass is 35.5. The lowest BCUT2D eigenvalue weighted by Gasteiger charge is -2.34. The van der Waals surface area contributed by atoms with Gasteiger partial charge in [-0.2, -0.15) is 0 Å². The molecule has 2 N–H and O–H groups in total. The number of halogens is 1. The molecule has 0 saturated heterocycles. The van der Waals surface area contributed by atoms with Gasteiger partial charge in [-0.15, -0.1) is 0 Å². The first-order valence-corrected chi connectivity index (χ1v) is 13.2. The Morgan fingerprint density at radius 2 is 1.70 bits per heavy atom. The fourth-order valence-electron chi connectivity index (χ4n) is 3.88. The van der Waals surface area contributed by atoms with E-state index in [2.05, 4.69) is 17.6 Å². The van der Waals surface area contributed by atoms with Crippen LogP contribution in [0.2, 0.25) is 5.02 Å². The summed E-state index contributed by atoms with van der Waals surface area (Å²) in [7, 11) is 0. The predicted molar refractivity (Wildman–Crippen MR) is 149 cm³/mol. The third-order valence-corrected chi connectivity index (χ3v) is 6.19. The van der Waals surface area contributed by atoms with Crippen molar-refractivity contribution < 1.29 is 19.1 Å². The number of nitrogens with one attached hydrogen (secondary N) is 2. The number of para-hydroxylation sites is 1. The number of alkyl carbamates (subject to hydrolysis) is 1. The van der Waals surface area contributed by atoms with Gasteiger partial charge in [0, 0.05) is 6.54 Å². The zero-order chi connectivity index (χ0) is 27.8. The Kier molecular flexibility index (Phi) is 11.0. The largest absolute Gasteiger partial charge is 0.444 e. The summed E-state index contributed by atoms with van der Waals surface area (Å²) in [5, 5.41) is 5.99. The van der Waals surface area contributed by atoms with E-state index in [4.69, 9.17) is 16.3 Å². The number of hydrogen-bond acceptors (Lipinski definition) is 4. The average molecular weight is 530 g/mol. The predicted octanol–water partition coefficient (Wildman–Crippen LogP) is 6.43. The number of hydrogen-bond donors (Lipinski definition) is 2. The van der Waals surface area contributed by atoms with Gasteiger partial charge in [-0.05, 0) is 70.2 Å². The fraction of sp³-hybridized carbons (Fsp3) is 0.483. The molecule has 0 aliphatic carbocycles. The highest BCUT2D eigenvalue weighted by Crippen LogP contribution is 2.30. The Morgan fingerprint density at radius 1 is 1.05 bits per heavy atom. The molecule has 202 valence electrons. The van der Waals surface area contributed by atoms with Crippen molar-refractivity contribution in [3.63, 3.8) is 0 Å². The molecule has 2 unspecified atom stereocenters. The van der Waals surface area contributed by atoms with E-state index in [1.807, 2.05) is 50.2 Å². The molecule has 7 nitrogen and oxygen atoms in total. The van der Waals surface area contributed by atoms with E-state index < -0.39 is 23.8 Å². The number of benzene rings is 2. The Balaban J connectivity index is 2.47. The third kappa shape index (κ3) is 8.78. The smallest absolute Gasteiger partial charge is 0.408 e. The number of anilines is 1. The van der Waals surface area contributed by atoms with Gasteiger partial charge in [-0.3, -0.25) is 9.59 Å². The number of rotatable bonds is 10. The van der Waals surface area contributed by atoms with E-state index in [1.165, 1.54) is 4.90 Å². The molecular weight excluding hydrogens is 490 g/mol. The second-order valence-corrected chi connectivity index (χ2v) is 10.6. The lowest BCUT2D eigenvalue weighted by molar-refractivity contribution is -0.140. The number of nitrogens with zero attached hydrogens (tertiary/aromatic N) is 1. The first-order chi connectivity index (χ1) is 17.4. The minimum Gasteiger partial charge on any atom is -0.444 e. The molecule has 2 rings (SSSR count). The molecule has 0 radical (unpaired) electrons. The van der Waals surface area contributed by atoms with Crippen molar-refractivity contribution in [1.29, 1.82) is 0 Å². The molecule has 0 aliphatic heterocycles. The molecule has 3 amide bonds. The van der Waals surface area contributed by atoms with Crippen molar-refractivity contribution in [1.82, 2.24) is 10.2 Å². The zero-order valence-corrected chi connectivity index (χ0v) is 23.7. The van der Waals surface area contributed by atoms with Crippen LogP contribution in [-0.2, 0) is 20.7 Å². The highest BCUT2D eigenvalue weighted by molar-refractivity contribution is 6.34. The Morgan fingerprint density at radius 3 is 2.24 bits per heavy atom. The minimum absolute atomic E-state index is 0.338. The lowest BCUT2D eigenvalue weighted by Crippen LogP contribution is -2.51. The number of carbonyl (C=O) groups is 3.